The van der Waals surface area contributed by atoms with Gasteiger partial charge in [0.15, 0.2) is 0 Å². The number of aliphatic hydroxyl groups is 1. The zero-order valence-corrected chi connectivity index (χ0v) is 19.4. The number of aliphatic hydroxyl groups excluding tert-OH is 1. The normalized spacial score (nSPS) is 14.2. The van der Waals surface area contributed by atoms with E-state index in [0.717, 1.165) is 23.4 Å². The van der Waals surface area contributed by atoms with E-state index in [9.17, 15) is 9.50 Å². The van der Waals surface area contributed by atoms with Crippen LogP contribution in [0.25, 0.3) is 11.3 Å². The number of benzene rings is 2. The molecule has 0 bridgehead atoms. The van der Waals surface area contributed by atoms with E-state index in [0.29, 0.717) is 30.6 Å². The summed E-state index contributed by atoms with van der Waals surface area (Å²) in [5.41, 5.74) is 2.65. The van der Waals surface area contributed by atoms with Gasteiger partial charge in [-0.15, -0.1) is 6.42 Å². The first-order valence-electron chi connectivity index (χ1n) is 11.5. The van der Waals surface area contributed by atoms with Gasteiger partial charge in [-0.2, -0.15) is 5.10 Å². The maximum absolute atomic E-state index is 13.8. The summed E-state index contributed by atoms with van der Waals surface area (Å²) in [6.45, 7) is 2.16. The van der Waals surface area contributed by atoms with Crippen molar-refractivity contribution in [2.75, 3.05) is 26.3 Å². The number of aryl methyl sites for hydroxylation is 1. The molecule has 1 aromatic heterocycles. The van der Waals surface area contributed by atoms with Crippen molar-refractivity contribution in [1.82, 2.24) is 14.7 Å². The van der Waals surface area contributed by atoms with Crippen LogP contribution in [0.2, 0.25) is 0 Å². The first-order chi connectivity index (χ1) is 16.5. The van der Waals surface area contributed by atoms with Gasteiger partial charge < -0.3 is 14.6 Å². The molecule has 1 saturated carbocycles. The van der Waals surface area contributed by atoms with Crippen LogP contribution in [0, 0.1) is 24.1 Å². The molecule has 0 saturated heterocycles. The minimum absolute atomic E-state index is 0.173. The fourth-order valence-corrected chi connectivity index (χ4v) is 3.99. The van der Waals surface area contributed by atoms with Gasteiger partial charge in [0, 0.05) is 38.3 Å². The van der Waals surface area contributed by atoms with Gasteiger partial charge in [0.2, 0.25) is 5.88 Å². The molecule has 1 aliphatic rings. The Hall–Kier alpha value is -3.18. The third-order valence-electron chi connectivity index (χ3n) is 5.71. The average Bonchev–Trinajstić information content (AvgIpc) is 3.59. The third kappa shape index (κ3) is 6.45. The first-order valence-corrected chi connectivity index (χ1v) is 11.5. The Kier molecular flexibility index (Phi) is 7.96. The van der Waals surface area contributed by atoms with Gasteiger partial charge in [-0.25, -0.2) is 9.07 Å². The highest BCUT2D eigenvalue weighted by atomic mass is 19.1. The molecule has 2 aromatic carbocycles. The quantitative estimate of drug-likeness (QED) is 0.322. The Morgan fingerprint density at radius 1 is 1.24 bits per heavy atom. The molecule has 1 heterocycles. The Bertz CT molecular complexity index is 1120. The van der Waals surface area contributed by atoms with Crippen LogP contribution in [0.1, 0.15) is 18.4 Å². The molecule has 4 rings (SSSR count). The molecule has 178 valence electrons. The zero-order chi connectivity index (χ0) is 23.9. The van der Waals surface area contributed by atoms with Gasteiger partial charge >= 0.3 is 0 Å². The maximum Gasteiger partial charge on any atom is 0.222 e. The van der Waals surface area contributed by atoms with Crippen molar-refractivity contribution in [3.05, 3.63) is 66.0 Å². The molecule has 1 atom stereocenters. The number of aromatic nitrogens is 2. The second kappa shape index (κ2) is 11.3. The number of terminal acetylenes is 1. The van der Waals surface area contributed by atoms with E-state index in [4.69, 9.17) is 21.0 Å². The van der Waals surface area contributed by atoms with Crippen LogP contribution in [0.4, 0.5) is 4.39 Å². The minimum Gasteiger partial charge on any atom is -0.439 e. The van der Waals surface area contributed by atoms with E-state index < -0.39 is 6.10 Å². The van der Waals surface area contributed by atoms with Crippen molar-refractivity contribution >= 4 is 0 Å². The van der Waals surface area contributed by atoms with Gasteiger partial charge in [0.1, 0.15) is 23.9 Å². The summed E-state index contributed by atoms with van der Waals surface area (Å²) in [6.07, 6.45) is 6.94. The Balaban J connectivity index is 1.64. The van der Waals surface area contributed by atoms with Gasteiger partial charge in [-0.05, 0) is 30.9 Å². The summed E-state index contributed by atoms with van der Waals surface area (Å²) in [7, 11) is 1.82. The molecule has 1 N–H and O–H groups in total. The molecule has 1 aliphatic carbocycles. The van der Waals surface area contributed by atoms with Gasteiger partial charge in [-0.3, -0.25) is 4.90 Å². The van der Waals surface area contributed by atoms with E-state index in [1.54, 1.807) is 16.8 Å². The van der Waals surface area contributed by atoms with Crippen LogP contribution in [0.15, 0.2) is 54.6 Å². The van der Waals surface area contributed by atoms with Crippen LogP contribution in [-0.4, -0.2) is 52.2 Å². The molecular formula is C27H30FN3O3. The lowest BCUT2D eigenvalue weighted by atomic mass is 10.1. The van der Waals surface area contributed by atoms with Gasteiger partial charge in [-0.1, -0.05) is 42.3 Å². The topological polar surface area (TPSA) is 59.8 Å². The molecule has 1 unspecified atom stereocenters. The number of ether oxygens (including phenoxy) is 2. The Morgan fingerprint density at radius 3 is 2.74 bits per heavy atom. The third-order valence-corrected chi connectivity index (χ3v) is 5.71. The van der Waals surface area contributed by atoms with Crippen molar-refractivity contribution in [1.29, 1.82) is 0 Å². The van der Waals surface area contributed by atoms with Crippen LogP contribution >= 0.6 is 0 Å². The van der Waals surface area contributed by atoms with E-state index in [2.05, 4.69) is 10.8 Å². The van der Waals surface area contributed by atoms with Gasteiger partial charge in [0.25, 0.3) is 0 Å². The SMILES string of the molecule is C#CCOCC(O)CN(Cc1c(-c2ccccc2)nn(C)c1Oc1cccc(F)c1)CC1CC1. The second-order valence-corrected chi connectivity index (χ2v) is 8.69. The number of halogens is 1. The van der Waals surface area contributed by atoms with Crippen molar-refractivity contribution in [2.45, 2.75) is 25.5 Å². The number of hydrogen-bond acceptors (Lipinski definition) is 5. The monoisotopic (exact) mass is 463 g/mol. The number of nitrogens with zero attached hydrogens (tertiary/aromatic N) is 3. The molecular weight excluding hydrogens is 433 g/mol. The molecule has 3 aromatic rings. The first kappa shape index (κ1) is 24.0. The summed E-state index contributed by atoms with van der Waals surface area (Å²) >= 11 is 0. The molecule has 6 nitrogen and oxygen atoms in total. The van der Waals surface area contributed by atoms with Crippen LogP contribution in [0.5, 0.6) is 11.6 Å². The van der Waals surface area contributed by atoms with Crippen LogP contribution < -0.4 is 4.74 Å². The summed E-state index contributed by atoms with van der Waals surface area (Å²) in [5.74, 6) is 3.62. The molecule has 0 radical (unpaired) electrons. The standard InChI is InChI=1S/C27H30FN3O3/c1-3-14-33-19-23(32)17-31(16-20-12-13-20)18-25-26(21-8-5-4-6-9-21)29-30(2)27(25)34-24-11-7-10-22(28)15-24/h1,4-11,15,20,23,32H,12-14,16-19H2,2H3. The predicted octanol–water partition coefficient (Wildman–Crippen LogP) is 4.24. The second-order valence-electron chi connectivity index (χ2n) is 8.69. The summed E-state index contributed by atoms with van der Waals surface area (Å²) in [5, 5.41) is 15.3. The van der Waals surface area contributed by atoms with Crippen molar-refractivity contribution in [3.63, 3.8) is 0 Å². The molecule has 0 aliphatic heterocycles. The summed E-state index contributed by atoms with van der Waals surface area (Å²) in [6, 6.07) is 16.0. The van der Waals surface area contributed by atoms with Crippen LogP contribution in [-0.2, 0) is 18.3 Å². The van der Waals surface area contributed by atoms with E-state index >= 15 is 0 Å². The summed E-state index contributed by atoms with van der Waals surface area (Å²) in [4.78, 5) is 2.21. The minimum atomic E-state index is -0.670. The highest BCUT2D eigenvalue weighted by Gasteiger charge is 2.28. The van der Waals surface area contributed by atoms with E-state index in [1.807, 2.05) is 37.4 Å². The van der Waals surface area contributed by atoms with Gasteiger partial charge in [0.05, 0.1) is 18.3 Å². The van der Waals surface area contributed by atoms with E-state index in [1.165, 1.54) is 25.0 Å². The van der Waals surface area contributed by atoms with Crippen molar-refractivity contribution in [2.24, 2.45) is 13.0 Å². The van der Waals surface area contributed by atoms with E-state index in [-0.39, 0.29) is 19.0 Å². The van der Waals surface area contributed by atoms with Crippen LogP contribution in [0.3, 0.4) is 0 Å². The van der Waals surface area contributed by atoms with Crippen molar-refractivity contribution in [3.8, 4) is 35.2 Å². The fourth-order valence-electron chi connectivity index (χ4n) is 3.99. The predicted molar refractivity (Wildman–Crippen MR) is 129 cm³/mol. The molecule has 1 fully saturated rings. The number of rotatable bonds is 12. The smallest absolute Gasteiger partial charge is 0.222 e. The Labute approximate surface area is 199 Å². The zero-order valence-electron chi connectivity index (χ0n) is 19.4. The fraction of sp³-hybridized carbons (Fsp3) is 0.370. The lowest BCUT2D eigenvalue weighted by Gasteiger charge is -2.25. The van der Waals surface area contributed by atoms with Crippen molar-refractivity contribution < 1.29 is 19.0 Å². The molecule has 7 heteroatoms. The Morgan fingerprint density at radius 2 is 2.03 bits per heavy atom. The lowest BCUT2D eigenvalue weighted by molar-refractivity contribution is 0.0250. The highest BCUT2D eigenvalue weighted by molar-refractivity contribution is 5.65. The lowest BCUT2D eigenvalue weighted by Crippen LogP contribution is -2.36. The summed E-state index contributed by atoms with van der Waals surface area (Å²) < 4.78 is 27.0. The average molecular weight is 464 g/mol. The molecule has 0 amide bonds. The number of hydrogen-bond donors (Lipinski definition) is 1. The molecule has 0 spiro atoms. The maximum atomic E-state index is 13.8. The molecule has 34 heavy (non-hydrogen) atoms. The highest BCUT2D eigenvalue weighted by Crippen LogP contribution is 2.36. The largest absolute Gasteiger partial charge is 0.439 e.